The second kappa shape index (κ2) is 5.26. The van der Waals surface area contributed by atoms with Crippen molar-refractivity contribution in [2.24, 2.45) is 0 Å². The van der Waals surface area contributed by atoms with E-state index in [0.717, 1.165) is 16.4 Å². The number of fused-ring (bicyclic) bond motifs is 1. The van der Waals surface area contributed by atoms with E-state index >= 15 is 0 Å². The van der Waals surface area contributed by atoms with Crippen LogP contribution < -0.4 is 4.74 Å². The quantitative estimate of drug-likeness (QED) is 0.912. The Hall–Kier alpha value is -2.03. The van der Waals surface area contributed by atoms with Gasteiger partial charge in [-0.1, -0.05) is 0 Å². The van der Waals surface area contributed by atoms with E-state index in [0.29, 0.717) is 6.07 Å². The maximum absolute atomic E-state index is 13.2. The lowest BCUT2D eigenvalue weighted by molar-refractivity contribution is 0.0851. The number of rotatable bonds is 2. The van der Waals surface area contributed by atoms with Crippen LogP contribution in [0.3, 0.4) is 0 Å². The number of nitrogens with zero attached hydrogens (tertiary/aromatic N) is 1. The van der Waals surface area contributed by atoms with Gasteiger partial charge in [-0.15, -0.1) is 0 Å². The lowest BCUT2D eigenvalue weighted by Crippen LogP contribution is -2.23. The summed E-state index contributed by atoms with van der Waals surface area (Å²) in [5.74, 6) is -1.56. The summed E-state index contributed by atoms with van der Waals surface area (Å²) in [5, 5.41) is 9.97. The van der Waals surface area contributed by atoms with E-state index < -0.39 is 27.9 Å². The molecule has 0 radical (unpaired) electrons. The molecule has 1 atom stereocenters. The molecular formula is C15H13F2NO4S. The van der Waals surface area contributed by atoms with Gasteiger partial charge in [-0.05, 0) is 19.1 Å². The number of sulfonamides is 1. The largest absolute Gasteiger partial charge is 0.457 e. The Morgan fingerprint density at radius 3 is 2.39 bits per heavy atom. The number of hydrogen-bond donors (Lipinski definition) is 1. The van der Waals surface area contributed by atoms with E-state index in [9.17, 15) is 22.3 Å². The fraction of sp³-hybridized carbons (Fsp3) is 0.200. The van der Waals surface area contributed by atoms with Gasteiger partial charge in [-0.25, -0.2) is 17.2 Å². The second-order valence-electron chi connectivity index (χ2n) is 5.21. The topological polar surface area (TPSA) is 66.8 Å². The van der Waals surface area contributed by atoms with E-state index in [1.165, 1.54) is 26.1 Å². The molecule has 0 aromatic heterocycles. The molecule has 2 aromatic carbocycles. The summed E-state index contributed by atoms with van der Waals surface area (Å²) in [5.41, 5.74) is 0.498. The van der Waals surface area contributed by atoms with Crippen molar-refractivity contribution in [3.8, 4) is 11.5 Å². The molecule has 2 aromatic rings. The molecule has 0 aliphatic carbocycles. The zero-order valence-corrected chi connectivity index (χ0v) is 13.1. The van der Waals surface area contributed by atoms with Crippen LogP contribution in [-0.4, -0.2) is 24.9 Å². The summed E-state index contributed by atoms with van der Waals surface area (Å²) in [7, 11) is -2.57. The molecule has 1 unspecified atom stereocenters. The molecule has 1 N–H and O–H groups in total. The molecule has 0 saturated heterocycles. The van der Waals surface area contributed by atoms with Crippen molar-refractivity contribution in [1.29, 1.82) is 0 Å². The standard InChI is InChI=1S/C15H13F2NO4S/c1-8-13(22-11-6-9(16)5-10(17)7-11)4-3-12-14(8)23(20,21)18(2)15(12)19/h3-7,15,19H,1-2H3. The summed E-state index contributed by atoms with van der Waals surface area (Å²) >= 11 is 0. The molecule has 0 saturated carbocycles. The summed E-state index contributed by atoms with van der Waals surface area (Å²) in [6, 6.07) is 5.56. The monoisotopic (exact) mass is 341 g/mol. The van der Waals surface area contributed by atoms with Gasteiger partial charge in [0.05, 0.1) is 4.90 Å². The zero-order chi connectivity index (χ0) is 16.9. The highest BCUT2D eigenvalue weighted by Crippen LogP contribution is 2.42. The third-order valence-corrected chi connectivity index (χ3v) is 5.73. The summed E-state index contributed by atoms with van der Waals surface area (Å²) < 4.78 is 57.3. The third kappa shape index (κ3) is 2.48. The lowest BCUT2D eigenvalue weighted by atomic mass is 10.1. The molecule has 0 fully saturated rings. The highest BCUT2D eigenvalue weighted by molar-refractivity contribution is 7.89. The Kier molecular flexibility index (Phi) is 3.62. The average Bonchev–Trinajstić information content (AvgIpc) is 2.62. The van der Waals surface area contributed by atoms with Crippen molar-refractivity contribution in [3.05, 3.63) is 53.1 Å². The number of benzene rings is 2. The van der Waals surface area contributed by atoms with Crippen molar-refractivity contribution in [1.82, 2.24) is 4.31 Å². The summed E-state index contributed by atoms with van der Waals surface area (Å²) in [6.07, 6.45) is -1.27. The number of hydrogen-bond acceptors (Lipinski definition) is 4. The minimum absolute atomic E-state index is 0.0538. The van der Waals surface area contributed by atoms with Gasteiger partial charge in [-0.2, -0.15) is 4.31 Å². The van der Waals surface area contributed by atoms with Crippen LogP contribution in [0.4, 0.5) is 8.78 Å². The van der Waals surface area contributed by atoms with Crippen LogP contribution in [0, 0.1) is 18.6 Å². The molecule has 0 bridgehead atoms. The summed E-state index contributed by atoms with van der Waals surface area (Å²) in [4.78, 5) is -0.0538. The fourth-order valence-electron chi connectivity index (χ4n) is 2.54. The lowest BCUT2D eigenvalue weighted by Gasteiger charge is -2.12. The van der Waals surface area contributed by atoms with E-state index in [1.807, 2.05) is 0 Å². The van der Waals surface area contributed by atoms with Crippen LogP contribution in [0.2, 0.25) is 0 Å². The average molecular weight is 341 g/mol. The van der Waals surface area contributed by atoms with E-state index in [4.69, 9.17) is 4.74 Å². The molecule has 8 heteroatoms. The third-order valence-electron chi connectivity index (χ3n) is 3.71. The molecule has 23 heavy (non-hydrogen) atoms. The van der Waals surface area contributed by atoms with Gasteiger partial charge in [-0.3, -0.25) is 0 Å². The van der Waals surface area contributed by atoms with Crippen molar-refractivity contribution in [3.63, 3.8) is 0 Å². The van der Waals surface area contributed by atoms with Crippen LogP contribution in [0.15, 0.2) is 35.2 Å². The molecule has 1 aliphatic heterocycles. The number of aliphatic hydroxyl groups excluding tert-OH is 1. The molecule has 0 amide bonds. The predicted octanol–water partition coefficient (Wildman–Crippen LogP) is 2.69. The first-order valence-electron chi connectivity index (χ1n) is 6.65. The maximum atomic E-state index is 13.2. The van der Waals surface area contributed by atoms with Crippen LogP contribution in [0.25, 0.3) is 0 Å². The minimum atomic E-state index is -3.84. The molecule has 122 valence electrons. The van der Waals surface area contributed by atoms with Crippen LogP contribution >= 0.6 is 0 Å². The van der Waals surface area contributed by atoms with Crippen molar-refractivity contribution in [2.75, 3.05) is 7.05 Å². The molecule has 1 heterocycles. The maximum Gasteiger partial charge on any atom is 0.246 e. The number of halogens is 2. The zero-order valence-electron chi connectivity index (χ0n) is 12.2. The van der Waals surface area contributed by atoms with Gasteiger partial charge >= 0.3 is 0 Å². The highest BCUT2D eigenvalue weighted by Gasteiger charge is 2.41. The van der Waals surface area contributed by atoms with Crippen molar-refractivity contribution < 1.29 is 27.0 Å². The van der Waals surface area contributed by atoms with Gasteiger partial charge in [0.2, 0.25) is 10.0 Å². The highest BCUT2D eigenvalue weighted by atomic mass is 32.2. The Morgan fingerprint density at radius 2 is 1.78 bits per heavy atom. The van der Waals surface area contributed by atoms with Crippen LogP contribution in [0.5, 0.6) is 11.5 Å². The Morgan fingerprint density at radius 1 is 1.17 bits per heavy atom. The van der Waals surface area contributed by atoms with Gasteiger partial charge in [0.25, 0.3) is 0 Å². The minimum Gasteiger partial charge on any atom is -0.457 e. The van der Waals surface area contributed by atoms with Gasteiger partial charge < -0.3 is 9.84 Å². The van der Waals surface area contributed by atoms with Gasteiger partial charge in [0.1, 0.15) is 29.4 Å². The van der Waals surface area contributed by atoms with Gasteiger partial charge in [0.15, 0.2) is 0 Å². The first kappa shape index (κ1) is 15.9. The van der Waals surface area contributed by atoms with Crippen LogP contribution in [0.1, 0.15) is 17.4 Å². The first-order valence-corrected chi connectivity index (χ1v) is 8.09. The SMILES string of the molecule is Cc1c(Oc2cc(F)cc(F)c2)ccc2c1S(=O)(=O)N(C)C2O. The molecular weight excluding hydrogens is 328 g/mol. The second-order valence-corrected chi connectivity index (χ2v) is 7.14. The van der Waals surface area contributed by atoms with Crippen LogP contribution in [-0.2, 0) is 10.0 Å². The summed E-state index contributed by atoms with van der Waals surface area (Å²) in [6.45, 7) is 1.51. The molecule has 0 spiro atoms. The number of ether oxygens (including phenoxy) is 1. The normalized spacial score (nSPS) is 19.6. The molecule has 1 aliphatic rings. The first-order chi connectivity index (χ1) is 10.7. The van der Waals surface area contributed by atoms with E-state index in [1.54, 1.807) is 0 Å². The molecule has 3 rings (SSSR count). The Bertz CT molecular complexity index is 878. The van der Waals surface area contributed by atoms with Crippen molar-refractivity contribution in [2.45, 2.75) is 18.0 Å². The van der Waals surface area contributed by atoms with Crippen molar-refractivity contribution >= 4 is 10.0 Å². The smallest absolute Gasteiger partial charge is 0.246 e. The Balaban J connectivity index is 2.09. The van der Waals surface area contributed by atoms with E-state index in [-0.39, 0.29) is 27.5 Å². The molecule has 5 nitrogen and oxygen atoms in total. The fourth-order valence-corrected chi connectivity index (χ4v) is 4.16. The Labute approximate surface area is 131 Å². The number of aliphatic hydroxyl groups is 1. The van der Waals surface area contributed by atoms with Gasteiger partial charge in [0, 0.05) is 36.4 Å². The predicted molar refractivity (Wildman–Crippen MR) is 77.5 cm³/mol. The van der Waals surface area contributed by atoms with E-state index in [2.05, 4.69) is 0 Å².